The molecule has 0 amide bonds. The van der Waals surface area contributed by atoms with Gasteiger partial charge in [0.15, 0.2) is 0 Å². The summed E-state index contributed by atoms with van der Waals surface area (Å²) in [4.78, 5) is 0. The van der Waals surface area contributed by atoms with Crippen molar-refractivity contribution in [2.24, 2.45) is 0 Å². The van der Waals surface area contributed by atoms with Crippen molar-refractivity contribution in [3.8, 4) is 16.9 Å². The minimum atomic E-state index is -4.56. The minimum absolute atomic E-state index is 0.129. The van der Waals surface area contributed by atoms with E-state index in [0.717, 1.165) is 12.1 Å². The van der Waals surface area contributed by atoms with E-state index in [9.17, 15) is 22.7 Å². The Morgan fingerprint density at radius 1 is 1.00 bits per heavy atom. The second kappa shape index (κ2) is 4.57. The molecule has 2 aromatic rings. The summed E-state index contributed by atoms with van der Waals surface area (Å²) in [7, 11) is 0. The Bertz CT molecular complexity index is 617. The first kappa shape index (κ1) is 13.4. The van der Waals surface area contributed by atoms with Gasteiger partial charge in [-0.1, -0.05) is 6.07 Å². The van der Waals surface area contributed by atoms with Crippen molar-refractivity contribution < 1.29 is 22.7 Å². The van der Waals surface area contributed by atoms with Crippen molar-refractivity contribution in [2.75, 3.05) is 0 Å². The molecule has 0 atom stereocenters. The number of hydrogen-bond acceptors (Lipinski definition) is 1. The third-order valence-electron chi connectivity index (χ3n) is 2.76. The summed E-state index contributed by atoms with van der Waals surface area (Å²) in [5.74, 6) is -1.05. The minimum Gasteiger partial charge on any atom is -0.508 e. The van der Waals surface area contributed by atoms with Gasteiger partial charge in [-0.15, -0.1) is 0 Å². The Morgan fingerprint density at radius 2 is 1.68 bits per heavy atom. The van der Waals surface area contributed by atoms with Crippen LogP contribution in [0, 0.1) is 12.7 Å². The van der Waals surface area contributed by atoms with E-state index in [-0.39, 0.29) is 5.56 Å². The first-order valence-electron chi connectivity index (χ1n) is 5.45. The summed E-state index contributed by atoms with van der Waals surface area (Å²) < 4.78 is 51.2. The number of phenols is 1. The van der Waals surface area contributed by atoms with E-state index in [1.54, 1.807) is 6.92 Å². The molecule has 0 bridgehead atoms. The highest BCUT2D eigenvalue weighted by Gasteiger charge is 2.31. The van der Waals surface area contributed by atoms with E-state index in [1.165, 1.54) is 18.2 Å². The molecule has 0 heterocycles. The Labute approximate surface area is 107 Å². The van der Waals surface area contributed by atoms with Crippen LogP contribution in [0.1, 0.15) is 11.1 Å². The van der Waals surface area contributed by atoms with Gasteiger partial charge < -0.3 is 5.11 Å². The Balaban J connectivity index is 2.63. The lowest BCUT2D eigenvalue weighted by Gasteiger charge is -2.11. The predicted octanol–water partition coefficient (Wildman–Crippen LogP) is 4.53. The Kier molecular flexibility index (Phi) is 3.22. The van der Waals surface area contributed by atoms with Crippen molar-refractivity contribution in [1.29, 1.82) is 0 Å². The smallest absolute Gasteiger partial charge is 0.416 e. The number of rotatable bonds is 1. The van der Waals surface area contributed by atoms with Gasteiger partial charge in [0.05, 0.1) is 5.56 Å². The third-order valence-corrected chi connectivity index (χ3v) is 2.76. The van der Waals surface area contributed by atoms with Crippen molar-refractivity contribution in [3.05, 3.63) is 53.3 Å². The van der Waals surface area contributed by atoms with Gasteiger partial charge in [0.1, 0.15) is 11.6 Å². The molecule has 0 aliphatic heterocycles. The lowest BCUT2D eigenvalue weighted by Crippen LogP contribution is -2.04. The lowest BCUT2D eigenvalue weighted by molar-refractivity contribution is -0.137. The molecule has 0 fully saturated rings. The molecule has 1 N–H and O–H groups in total. The van der Waals surface area contributed by atoms with E-state index in [4.69, 9.17) is 0 Å². The molecule has 0 spiro atoms. The normalized spacial score (nSPS) is 11.6. The molecule has 0 saturated carbocycles. The van der Waals surface area contributed by atoms with Crippen LogP contribution in [0.2, 0.25) is 0 Å². The van der Waals surface area contributed by atoms with Gasteiger partial charge in [-0.3, -0.25) is 0 Å². The van der Waals surface area contributed by atoms with Gasteiger partial charge in [0.25, 0.3) is 0 Å². The fourth-order valence-electron chi connectivity index (χ4n) is 1.84. The fraction of sp³-hybridized carbons (Fsp3) is 0.143. The molecule has 0 aliphatic rings. The van der Waals surface area contributed by atoms with E-state index >= 15 is 0 Å². The number of halogens is 4. The summed E-state index contributed by atoms with van der Waals surface area (Å²) in [6.45, 7) is 1.66. The molecule has 1 nitrogen and oxygen atoms in total. The number of aromatic hydroxyl groups is 1. The summed E-state index contributed by atoms with van der Waals surface area (Å²) in [6.07, 6.45) is -4.56. The maximum absolute atomic E-state index is 13.2. The zero-order valence-corrected chi connectivity index (χ0v) is 9.92. The van der Waals surface area contributed by atoms with Crippen molar-refractivity contribution in [2.45, 2.75) is 13.1 Å². The highest BCUT2D eigenvalue weighted by Crippen LogP contribution is 2.36. The Hall–Kier alpha value is -2.04. The molecular weight excluding hydrogens is 260 g/mol. The maximum atomic E-state index is 13.2. The van der Waals surface area contributed by atoms with Crippen LogP contribution in [0.15, 0.2) is 36.4 Å². The zero-order chi connectivity index (χ0) is 14.2. The highest BCUT2D eigenvalue weighted by atomic mass is 19.4. The fourth-order valence-corrected chi connectivity index (χ4v) is 1.84. The van der Waals surface area contributed by atoms with E-state index in [0.29, 0.717) is 17.2 Å². The number of benzene rings is 2. The van der Waals surface area contributed by atoms with E-state index in [2.05, 4.69) is 0 Å². The molecule has 0 unspecified atom stereocenters. The number of phenolic OH excluding ortho intramolecular Hbond substituents is 1. The van der Waals surface area contributed by atoms with Gasteiger partial charge in [-0.2, -0.15) is 13.2 Å². The number of aryl methyl sites for hydroxylation is 1. The van der Waals surface area contributed by atoms with Crippen LogP contribution in [-0.4, -0.2) is 5.11 Å². The summed E-state index contributed by atoms with van der Waals surface area (Å²) >= 11 is 0. The van der Waals surface area contributed by atoms with Crippen LogP contribution >= 0.6 is 0 Å². The zero-order valence-electron chi connectivity index (χ0n) is 9.92. The number of alkyl halides is 3. The van der Waals surface area contributed by atoms with Gasteiger partial charge in [-0.05, 0) is 53.9 Å². The summed E-state index contributed by atoms with van der Waals surface area (Å²) in [5.41, 5.74) is 0.108. The van der Waals surface area contributed by atoms with Crippen LogP contribution in [0.25, 0.3) is 11.1 Å². The van der Waals surface area contributed by atoms with Crippen LogP contribution in [0.5, 0.6) is 5.75 Å². The van der Waals surface area contributed by atoms with Crippen LogP contribution in [0.3, 0.4) is 0 Å². The standard InChI is InChI=1S/C14H10F4O/c1-8-2-3-11(15)7-13(8)9-4-10(14(16,17)18)6-12(19)5-9/h2-7,19H,1H3. The first-order chi connectivity index (χ1) is 8.77. The van der Waals surface area contributed by atoms with Gasteiger partial charge in [0.2, 0.25) is 0 Å². The van der Waals surface area contributed by atoms with E-state index < -0.39 is 23.3 Å². The van der Waals surface area contributed by atoms with Crippen LogP contribution < -0.4 is 0 Å². The average molecular weight is 270 g/mol. The van der Waals surface area contributed by atoms with Crippen molar-refractivity contribution in [1.82, 2.24) is 0 Å². The van der Waals surface area contributed by atoms with Gasteiger partial charge in [0, 0.05) is 0 Å². The molecule has 100 valence electrons. The molecule has 0 saturated heterocycles. The molecule has 5 heteroatoms. The summed E-state index contributed by atoms with van der Waals surface area (Å²) in [5, 5.41) is 9.38. The molecule has 2 rings (SSSR count). The third kappa shape index (κ3) is 2.86. The average Bonchev–Trinajstić information content (AvgIpc) is 2.30. The quantitative estimate of drug-likeness (QED) is 0.755. The Morgan fingerprint density at radius 3 is 2.32 bits per heavy atom. The maximum Gasteiger partial charge on any atom is 0.416 e. The highest BCUT2D eigenvalue weighted by molar-refractivity contribution is 5.69. The second-order valence-electron chi connectivity index (χ2n) is 4.23. The van der Waals surface area contributed by atoms with Crippen molar-refractivity contribution in [3.63, 3.8) is 0 Å². The molecule has 0 radical (unpaired) electrons. The predicted molar refractivity (Wildman–Crippen MR) is 63.2 cm³/mol. The molecule has 0 aromatic heterocycles. The van der Waals surface area contributed by atoms with Crippen molar-refractivity contribution >= 4 is 0 Å². The molecular formula is C14H10F4O. The second-order valence-corrected chi connectivity index (χ2v) is 4.23. The largest absolute Gasteiger partial charge is 0.508 e. The number of hydrogen-bond donors (Lipinski definition) is 1. The van der Waals surface area contributed by atoms with Crippen LogP contribution in [0.4, 0.5) is 17.6 Å². The topological polar surface area (TPSA) is 20.2 Å². The van der Waals surface area contributed by atoms with E-state index in [1.807, 2.05) is 0 Å². The van der Waals surface area contributed by atoms with Gasteiger partial charge >= 0.3 is 6.18 Å². The molecule has 19 heavy (non-hydrogen) atoms. The monoisotopic (exact) mass is 270 g/mol. The molecule has 2 aromatic carbocycles. The molecule has 0 aliphatic carbocycles. The SMILES string of the molecule is Cc1ccc(F)cc1-c1cc(O)cc(C(F)(F)F)c1. The lowest BCUT2D eigenvalue weighted by atomic mass is 9.98. The summed E-state index contributed by atoms with van der Waals surface area (Å²) in [6, 6.07) is 6.55. The van der Waals surface area contributed by atoms with Gasteiger partial charge in [-0.25, -0.2) is 4.39 Å². The van der Waals surface area contributed by atoms with Crippen LogP contribution in [-0.2, 0) is 6.18 Å². The first-order valence-corrected chi connectivity index (χ1v) is 5.45.